The van der Waals surface area contributed by atoms with Gasteiger partial charge in [0.15, 0.2) is 0 Å². The Balaban J connectivity index is 1.82. The van der Waals surface area contributed by atoms with E-state index in [1.54, 1.807) is 0 Å². The zero-order chi connectivity index (χ0) is 27.1. The molecule has 0 N–H and O–H groups in total. The Morgan fingerprint density at radius 1 is 1.03 bits per heavy atom. The summed E-state index contributed by atoms with van der Waals surface area (Å²) < 4.78 is 52.1. The zero-order valence-corrected chi connectivity index (χ0v) is 23.4. The first-order valence-electron chi connectivity index (χ1n) is 13.8. The number of ether oxygens (including phenoxy) is 2. The molecule has 0 radical (unpaired) electrons. The third-order valence-electron chi connectivity index (χ3n) is 7.84. The summed E-state index contributed by atoms with van der Waals surface area (Å²) in [6.45, 7) is 13.8. The first-order chi connectivity index (χ1) is 16.7. The Kier molecular flexibility index (Phi) is 11.2. The maximum absolute atomic E-state index is 13.4. The highest BCUT2D eigenvalue weighted by Gasteiger charge is 2.38. The highest BCUT2D eigenvalue weighted by Crippen LogP contribution is 2.42. The van der Waals surface area contributed by atoms with Gasteiger partial charge in [-0.1, -0.05) is 52.9 Å². The molecule has 0 aliphatic carbocycles. The summed E-state index contributed by atoms with van der Waals surface area (Å²) in [7, 11) is 0. The van der Waals surface area contributed by atoms with Crippen molar-refractivity contribution in [3.05, 3.63) is 22.8 Å². The average molecular weight is 513 g/mol. The van der Waals surface area contributed by atoms with Crippen LogP contribution in [0.3, 0.4) is 0 Å². The van der Waals surface area contributed by atoms with Gasteiger partial charge in [-0.25, -0.2) is 0 Å². The Hall–Kier alpha value is -1.72. The van der Waals surface area contributed by atoms with Crippen LogP contribution in [-0.2, 0) is 11.2 Å². The molecule has 0 aromatic heterocycles. The van der Waals surface area contributed by atoms with E-state index in [2.05, 4.69) is 27.7 Å². The van der Waals surface area contributed by atoms with E-state index < -0.39 is 12.1 Å². The highest BCUT2D eigenvalue weighted by molar-refractivity contribution is 5.70. The van der Waals surface area contributed by atoms with Crippen LogP contribution in [-0.4, -0.2) is 17.7 Å². The Labute approximate surface area is 216 Å². The van der Waals surface area contributed by atoms with Gasteiger partial charge >= 0.3 is 12.1 Å². The fourth-order valence-electron chi connectivity index (χ4n) is 5.31. The van der Waals surface area contributed by atoms with Crippen molar-refractivity contribution in [1.82, 2.24) is 0 Å². The zero-order valence-electron chi connectivity index (χ0n) is 23.4. The van der Waals surface area contributed by atoms with Gasteiger partial charge in [0.05, 0.1) is 5.92 Å². The number of aryl methyl sites for hydroxylation is 1. The molecule has 206 valence electrons. The molecule has 1 aromatic carbocycles. The van der Waals surface area contributed by atoms with Crippen LogP contribution in [0.15, 0.2) is 6.07 Å². The summed E-state index contributed by atoms with van der Waals surface area (Å²) in [6, 6.07) is 1.93. The van der Waals surface area contributed by atoms with E-state index in [1.165, 1.54) is 6.92 Å². The average Bonchev–Trinajstić information content (AvgIpc) is 2.75. The largest absolute Gasteiger partial charge is 0.487 e. The minimum absolute atomic E-state index is 0.248. The molecule has 3 unspecified atom stereocenters. The summed E-state index contributed by atoms with van der Waals surface area (Å²) >= 11 is 0. The molecule has 3 nitrogen and oxygen atoms in total. The van der Waals surface area contributed by atoms with Crippen molar-refractivity contribution in [2.45, 2.75) is 131 Å². The van der Waals surface area contributed by atoms with E-state index in [4.69, 9.17) is 9.47 Å². The van der Waals surface area contributed by atoms with Crippen molar-refractivity contribution in [2.75, 3.05) is 0 Å². The molecule has 1 aliphatic heterocycles. The Morgan fingerprint density at radius 3 is 2.22 bits per heavy atom. The second-order valence-electron chi connectivity index (χ2n) is 11.8. The summed E-state index contributed by atoms with van der Waals surface area (Å²) in [5.41, 5.74) is 2.75. The highest BCUT2D eigenvalue weighted by atomic mass is 19.4. The van der Waals surface area contributed by atoms with E-state index in [0.717, 1.165) is 67.4 Å². The predicted octanol–water partition coefficient (Wildman–Crippen LogP) is 9.29. The lowest BCUT2D eigenvalue weighted by Crippen LogP contribution is -2.36. The lowest BCUT2D eigenvalue weighted by atomic mass is 9.85. The van der Waals surface area contributed by atoms with Crippen molar-refractivity contribution in [3.63, 3.8) is 0 Å². The van der Waals surface area contributed by atoms with Crippen molar-refractivity contribution in [3.8, 4) is 11.5 Å². The molecule has 36 heavy (non-hydrogen) atoms. The number of carbonyl (C=O) groups excluding carboxylic acids is 1. The number of hydrogen-bond donors (Lipinski definition) is 0. The molecule has 2 rings (SSSR count). The summed E-state index contributed by atoms with van der Waals surface area (Å²) in [5, 5.41) is 0. The third-order valence-corrected chi connectivity index (χ3v) is 7.84. The van der Waals surface area contributed by atoms with Crippen LogP contribution in [0.4, 0.5) is 13.2 Å². The number of halogens is 3. The maximum atomic E-state index is 13.4. The summed E-state index contributed by atoms with van der Waals surface area (Å²) in [6.07, 6.45) is 4.08. The van der Waals surface area contributed by atoms with Gasteiger partial charge in [-0.2, -0.15) is 13.2 Å². The van der Waals surface area contributed by atoms with Crippen molar-refractivity contribution >= 4 is 5.97 Å². The molecule has 0 amide bonds. The van der Waals surface area contributed by atoms with Gasteiger partial charge in [-0.15, -0.1) is 0 Å². The fraction of sp³-hybridized carbons (Fsp3) is 0.767. The molecule has 1 aliphatic rings. The molecule has 0 spiro atoms. The molecular weight excluding hydrogens is 465 g/mol. The fourth-order valence-corrected chi connectivity index (χ4v) is 5.31. The van der Waals surface area contributed by atoms with Gasteiger partial charge < -0.3 is 9.47 Å². The van der Waals surface area contributed by atoms with Gasteiger partial charge in [-0.3, -0.25) is 4.79 Å². The predicted molar refractivity (Wildman–Crippen MR) is 140 cm³/mol. The van der Waals surface area contributed by atoms with E-state index in [9.17, 15) is 18.0 Å². The van der Waals surface area contributed by atoms with Crippen molar-refractivity contribution in [1.29, 1.82) is 0 Å². The van der Waals surface area contributed by atoms with Gasteiger partial charge in [0, 0.05) is 6.92 Å². The smallest absolute Gasteiger partial charge is 0.391 e. The molecule has 0 bridgehead atoms. The quantitative estimate of drug-likeness (QED) is 0.195. The number of hydrogen-bond acceptors (Lipinski definition) is 3. The minimum Gasteiger partial charge on any atom is -0.487 e. The minimum atomic E-state index is -4.08. The normalized spacial score (nSPS) is 19.5. The van der Waals surface area contributed by atoms with Crippen LogP contribution >= 0.6 is 0 Å². The number of benzene rings is 1. The van der Waals surface area contributed by atoms with E-state index >= 15 is 0 Å². The van der Waals surface area contributed by atoms with Crippen LogP contribution < -0.4 is 9.47 Å². The molecule has 3 atom stereocenters. The number of carbonyl (C=O) groups is 1. The van der Waals surface area contributed by atoms with Crippen molar-refractivity contribution < 1.29 is 27.4 Å². The van der Waals surface area contributed by atoms with Crippen molar-refractivity contribution in [2.24, 2.45) is 17.8 Å². The molecule has 0 saturated heterocycles. The van der Waals surface area contributed by atoms with Crippen LogP contribution in [0.5, 0.6) is 11.5 Å². The van der Waals surface area contributed by atoms with E-state index in [0.29, 0.717) is 30.4 Å². The summed E-state index contributed by atoms with van der Waals surface area (Å²) in [5.74, 6) is 0.880. The third kappa shape index (κ3) is 9.30. The Bertz CT molecular complexity index is 862. The van der Waals surface area contributed by atoms with Crippen LogP contribution in [0.2, 0.25) is 0 Å². The topological polar surface area (TPSA) is 35.5 Å². The van der Waals surface area contributed by atoms with Crippen LogP contribution in [0.1, 0.15) is 116 Å². The SMILES string of the molecule is CC(=O)Oc1cc2c(c(C)c1C)OC(C)(CCCC(C)CCCC(CCCC(C)C)C(F)(F)F)CC2. The molecule has 0 saturated carbocycles. The van der Waals surface area contributed by atoms with Gasteiger partial charge in [0.2, 0.25) is 0 Å². The lowest BCUT2D eigenvalue weighted by molar-refractivity contribution is -0.179. The summed E-state index contributed by atoms with van der Waals surface area (Å²) in [4.78, 5) is 11.4. The van der Waals surface area contributed by atoms with Gasteiger partial charge in [-0.05, 0) is 93.9 Å². The lowest BCUT2D eigenvalue weighted by Gasteiger charge is -2.37. The Morgan fingerprint density at radius 2 is 1.64 bits per heavy atom. The number of fused-ring (bicyclic) bond motifs is 1. The monoisotopic (exact) mass is 512 g/mol. The van der Waals surface area contributed by atoms with Crippen LogP contribution in [0.25, 0.3) is 0 Å². The van der Waals surface area contributed by atoms with E-state index in [-0.39, 0.29) is 24.4 Å². The number of rotatable bonds is 13. The van der Waals surface area contributed by atoms with E-state index in [1.807, 2.05) is 19.9 Å². The van der Waals surface area contributed by atoms with Gasteiger partial charge in [0.25, 0.3) is 0 Å². The van der Waals surface area contributed by atoms with Gasteiger partial charge in [0.1, 0.15) is 17.1 Å². The molecule has 6 heteroatoms. The first-order valence-corrected chi connectivity index (χ1v) is 13.8. The molecular formula is C30H47F3O3. The molecule has 1 heterocycles. The molecule has 1 aromatic rings. The first kappa shape index (κ1) is 30.5. The molecule has 0 fully saturated rings. The second-order valence-corrected chi connectivity index (χ2v) is 11.8. The second kappa shape index (κ2) is 13.2. The number of alkyl halides is 3. The number of esters is 1. The maximum Gasteiger partial charge on any atom is 0.391 e. The standard InChI is InChI=1S/C30H47F3O3/c1-20(2)11-8-14-26(30(31,32)33)15-9-12-21(3)13-10-17-29(7)18-16-25-19-27(35-24(6)34)22(4)23(5)28(25)36-29/h19-21,26H,8-18H2,1-7H3. The van der Waals surface area contributed by atoms with Crippen LogP contribution in [0, 0.1) is 31.6 Å².